The van der Waals surface area contributed by atoms with E-state index >= 15 is 0 Å². The van der Waals surface area contributed by atoms with E-state index in [4.69, 9.17) is 0 Å². The molecule has 0 aromatic heterocycles. The van der Waals surface area contributed by atoms with Gasteiger partial charge in [-0.2, -0.15) is 0 Å². The van der Waals surface area contributed by atoms with Gasteiger partial charge in [-0.15, -0.1) is 0 Å². The number of hydrogen-bond acceptors (Lipinski definition) is 2. The summed E-state index contributed by atoms with van der Waals surface area (Å²) in [6.45, 7) is 5.01. The molecule has 2 heteroatoms. The molecule has 0 saturated carbocycles. The summed E-state index contributed by atoms with van der Waals surface area (Å²) >= 11 is 0. The van der Waals surface area contributed by atoms with Gasteiger partial charge in [0.05, 0.1) is 0 Å². The molecule has 1 aliphatic rings. The number of rotatable bonds is 2. The summed E-state index contributed by atoms with van der Waals surface area (Å²) in [5.74, 6) is 0.926. The van der Waals surface area contributed by atoms with Gasteiger partial charge in [0.15, 0.2) is 5.78 Å². The zero-order valence-electron chi connectivity index (χ0n) is 9.99. The maximum atomic E-state index is 11.2. The molecule has 1 aromatic carbocycles. The maximum absolute atomic E-state index is 11.2. The average molecular weight is 217 g/mol. The van der Waals surface area contributed by atoms with E-state index in [1.54, 1.807) is 6.92 Å². The molecule has 0 radical (unpaired) electrons. The Morgan fingerprint density at radius 1 is 1.31 bits per heavy atom. The molecule has 2 rings (SSSR count). The van der Waals surface area contributed by atoms with Crippen LogP contribution in [-0.4, -0.2) is 12.3 Å². The van der Waals surface area contributed by atoms with Gasteiger partial charge in [-0.25, -0.2) is 0 Å². The number of Topliss-reactive ketones (excluding diaryl/α,β-unsaturated/α-hetero) is 1. The van der Waals surface area contributed by atoms with Crippen LogP contribution in [0.4, 0.5) is 0 Å². The normalized spacial score (nSPS) is 25.4. The molecule has 0 amide bonds. The van der Waals surface area contributed by atoms with Crippen molar-refractivity contribution in [1.82, 2.24) is 5.32 Å². The van der Waals surface area contributed by atoms with Gasteiger partial charge in [-0.05, 0) is 37.8 Å². The molecule has 0 aliphatic carbocycles. The molecule has 1 saturated heterocycles. The number of hydrogen-bond donors (Lipinski definition) is 1. The Morgan fingerprint density at radius 2 is 2.00 bits per heavy atom. The molecule has 16 heavy (non-hydrogen) atoms. The van der Waals surface area contributed by atoms with E-state index in [0.29, 0.717) is 6.04 Å². The monoisotopic (exact) mass is 217 g/mol. The van der Waals surface area contributed by atoms with Gasteiger partial charge in [0, 0.05) is 11.6 Å². The van der Waals surface area contributed by atoms with Crippen molar-refractivity contribution in [1.29, 1.82) is 0 Å². The van der Waals surface area contributed by atoms with Crippen molar-refractivity contribution in [2.24, 2.45) is 5.92 Å². The first-order valence-corrected chi connectivity index (χ1v) is 6.01. The fourth-order valence-electron chi connectivity index (χ4n) is 2.31. The van der Waals surface area contributed by atoms with Crippen LogP contribution in [0, 0.1) is 5.92 Å². The number of ketones is 1. The van der Waals surface area contributed by atoms with E-state index in [1.807, 2.05) is 12.1 Å². The van der Waals surface area contributed by atoms with Crippen molar-refractivity contribution in [3.8, 4) is 0 Å². The van der Waals surface area contributed by atoms with Gasteiger partial charge >= 0.3 is 0 Å². The van der Waals surface area contributed by atoms with Crippen molar-refractivity contribution in [2.45, 2.75) is 32.7 Å². The lowest BCUT2D eigenvalue weighted by atomic mass is 9.90. The minimum absolute atomic E-state index is 0.136. The van der Waals surface area contributed by atoms with Crippen LogP contribution in [0.3, 0.4) is 0 Å². The highest BCUT2D eigenvalue weighted by Crippen LogP contribution is 2.26. The first-order valence-electron chi connectivity index (χ1n) is 6.01. The fraction of sp³-hybridized carbons (Fsp3) is 0.500. The van der Waals surface area contributed by atoms with E-state index in [-0.39, 0.29) is 5.78 Å². The Balaban J connectivity index is 2.11. The van der Waals surface area contributed by atoms with Crippen molar-refractivity contribution in [3.63, 3.8) is 0 Å². The van der Waals surface area contributed by atoms with Crippen LogP contribution in [-0.2, 0) is 0 Å². The SMILES string of the molecule is CC(=O)c1ccc(C2CC(C)CCN2)cc1. The molecule has 0 spiro atoms. The number of benzene rings is 1. The van der Waals surface area contributed by atoms with E-state index < -0.39 is 0 Å². The second-order valence-corrected chi connectivity index (χ2v) is 4.81. The van der Waals surface area contributed by atoms with Crippen LogP contribution >= 0.6 is 0 Å². The highest BCUT2D eigenvalue weighted by Gasteiger charge is 2.19. The fourth-order valence-corrected chi connectivity index (χ4v) is 2.31. The lowest BCUT2D eigenvalue weighted by Crippen LogP contribution is -2.30. The van der Waals surface area contributed by atoms with Gasteiger partial charge in [-0.1, -0.05) is 31.2 Å². The first-order chi connectivity index (χ1) is 7.66. The Morgan fingerprint density at radius 3 is 2.56 bits per heavy atom. The number of piperidine rings is 1. The quantitative estimate of drug-likeness (QED) is 0.772. The van der Waals surface area contributed by atoms with Crippen molar-refractivity contribution in [3.05, 3.63) is 35.4 Å². The summed E-state index contributed by atoms with van der Waals surface area (Å²) in [5.41, 5.74) is 2.10. The Labute approximate surface area is 97.1 Å². The van der Waals surface area contributed by atoms with Crippen LogP contribution in [0.2, 0.25) is 0 Å². The third kappa shape index (κ3) is 2.50. The van der Waals surface area contributed by atoms with Crippen molar-refractivity contribution in [2.75, 3.05) is 6.54 Å². The summed E-state index contributed by atoms with van der Waals surface area (Å²) in [6, 6.07) is 8.47. The van der Waals surface area contributed by atoms with E-state index in [9.17, 15) is 4.79 Å². The zero-order valence-corrected chi connectivity index (χ0v) is 9.99. The van der Waals surface area contributed by atoms with Gasteiger partial charge < -0.3 is 5.32 Å². The van der Waals surface area contributed by atoms with E-state index in [1.165, 1.54) is 18.4 Å². The van der Waals surface area contributed by atoms with E-state index in [0.717, 1.165) is 18.0 Å². The summed E-state index contributed by atoms with van der Waals surface area (Å²) in [7, 11) is 0. The van der Waals surface area contributed by atoms with Gasteiger partial charge in [0.2, 0.25) is 0 Å². The Hall–Kier alpha value is -1.15. The summed E-state index contributed by atoms with van der Waals surface area (Å²) < 4.78 is 0. The molecular weight excluding hydrogens is 198 g/mol. The van der Waals surface area contributed by atoms with Crippen LogP contribution in [0.15, 0.2) is 24.3 Å². The molecule has 0 bridgehead atoms. The molecule has 2 atom stereocenters. The van der Waals surface area contributed by atoms with E-state index in [2.05, 4.69) is 24.4 Å². The minimum Gasteiger partial charge on any atom is -0.310 e. The molecule has 1 fully saturated rings. The summed E-state index contributed by atoms with van der Waals surface area (Å²) in [6.07, 6.45) is 2.46. The number of nitrogens with one attached hydrogen (secondary N) is 1. The smallest absolute Gasteiger partial charge is 0.159 e. The highest BCUT2D eigenvalue weighted by molar-refractivity contribution is 5.94. The average Bonchev–Trinajstić information content (AvgIpc) is 2.29. The molecule has 2 unspecified atom stereocenters. The lowest BCUT2D eigenvalue weighted by Gasteiger charge is -2.28. The van der Waals surface area contributed by atoms with Crippen molar-refractivity contribution >= 4 is 5.78 Å². The predicted molar refractivity (Wildman–Crippen MR) is 65.6 cm³/mol. The lowest BCUT2D eigenvalue weighted by molar-refractivity contribution is 0.101. The van der Waals surface area contributed by atoms with Crippen LogP contribution in [0.5, 0.6) is 0 Å². The number of carbonyl (C=O) groups excluding carboxylic acids is 1. The largest absolute Gasteiger partial charge is 0.310 e. The summed E-state index contributed by atoms with van der Waals surface area (Å²) in [4.78, 5) is 11.2. The molecule has 1 heterocycles. The van der Waals surface area contributed by atoms with Crippen molar-refractivity contribution < 1.29 is 4.79 Å². The van der Waals surface area contributed by atoms with Crippen LogP contribution in [0.25, 0.3) is 0 Å². The third-order valence-electron chi connectivity index (χ3n) is 3.39. The topological polar surface area (TPSA) is 29.1 Å². The molecular formula is C14H19NO. The van der Waals surface area contributed by atoms with Gasteiger partial charge in [0.25, 0.3) is 0 Å². The van der Waals surface area contributed by atoms with Gasteiger partial charge in [0.1, 0.15) is 0 Å². The maximum Gasteiger partial charge on any atom is 0.159 e. The highest BCUT2D eigenvalue weighted by atomic mass is 16.1. The number of carbonyl (C=O) groups is 1. The Kier molecular flexibility index (Phi) is 3.39. The van der Waals surface area contributed by atoms with Crippen LogP contribution < -0.4 is 5.32 Å². The predicted octanol–water partition coefficient (Wildman–Crippen LogP) is 2.95. The van der Waals surface area contributed by atoms with Gasteiger partial charge in [-0.3, -0.25) is 4.79 Å². The zero-order chi connectivity index (χ0) is 11.5. The molecule has 86 valence electrons. The minimum atomic E-state index is 0.136. The molecule has 1 aromatic rings. The second kappa shape index (κ2) is 4.79. The summed E-state index contributed by atoms with van der Waals surface area (Å²) in [5, 5.41) is 3.53. The standard InChI is InChI=1S/C14H19NO/c1-10-7-8-15-14(9-10)13-5-3-12(4-6-13)11(2)16/h3-6,10,14-15H,7-9H2,1-2H3. The molecule has 2 nitrogen and oxygen atoms in total. The molecule has 1 aliphatic heterocycles. The van der Waals surface area contributed by atoms with Crippen LogP contribution in [0.1, 0.15) is 48.7 Å². The second-order valence-electron chi connectivity index (χ2n) is 4.81. The Bertz CT molecular complexity index is 369. The third-order valence-corrected chi connectivity index (χ3v) is 3.39. The first kappa shape index (κ1) is 11.3. The molecule has 1 N–H and O–H groups in total.